The minimum absolute atomic E-state index is 0.244. The van der Waals surface area contributed by atoms with E-state index in [4.69, 9.17) is 10.5 Å². The minimum atomic E-state index is -0.438. The summed E-state index contributed by atoms with van der Waals surface area (Å²) in [5, 5.41) is 4.07. The first-order chi connectivity index (χ1) is 12.1. The lowest BCUT2D eigenvalue weighted by atomic mass is 9.79. The van der Waals surface area contributed by atoms with Gasteiger partial charge in [-0.2, -0.15) is 5.10 Å². The molecule has 1 aliphatic carbocycles. The van der Waals surface area contributed by atoms with Crippen LogP contribution in [0, 0.1) is 5.82 Å². The standard InChI is InChI=1S/C18H18FN5O/c1-24-10-12(7-23-24)25-18-13(11-3-2-4-11)5-6-14(17(18)19)15-8-22-16(20)9-21-15/h5-11H,2-4H2,1H3,(H2,20,22). The second-order valence-electron chi connectivity index (χ2n) is 6.25. The molecular formula is C18H18FN5O. The van der Waals surface area contributed by atoms with Gasteiger partial charge in [-0.05, 0) is 24.8 Å². The normalized spacial score (nSPS) is 14.3. The van der Waals surface area contributed by atoms with E-state index in [1.54, 1.807) is 30.2 Å². The van der Waals surface area contributed by atoms with Crippen molar-refractivity contribution in [2.24, 2.45) is 7.05 Å². The summed E-state index contributed by atoms with van der Waals surface area (Å²) in [6.07, 6.45) is 9.40. The molecule has 4 rings (SSSR count). The van der Waals surface area contributed by atoms with E-state index in [9.17, 15) is 0 Å². The van der Waals surface area contributed by atoms with E-state index in [2.05, 4.69) is 15.1 Å². The van der Waals surface area contributed by atoms with E-state index in [1.165, 1.54) is 12.4 Å². The number of ether oxygens (including phenoxy) is 1. The van der Waals surface area contributed by atoms with Crippen LogP contribution in [0.2, 0.25) is 0 Å². The van der Waals surface area contributed by atoms with Crippen molar-refractivity contribution in [3.8, 4) is 22.8 Å². The van der Waals surface area contributed by atoms with Gasteiger partial charge in [-0.15, -0.1) is 0 Å². The summed E-state index contributed by atoms with van der Waals surface area (Å²) in [6.45, 7) is 0. The smallest absolute Gasteiger partial charge is 0.175 e. The number of aromatic nitrogens is 4. The van der Waals surface area contributed by atoms with Crippen molar-refractivity contribution < 1.29 is 9.13 Å². The summed E-state index contributed by atoms with van der Waals surface area (Å²) in [5.41, 5.74) is 7.22. The van der Waals surface area contributed by atoms with Crippen LogP contribution >= 0.6 is 0 Å². The first kappa shape index (κ1) is 15.6. The largest absolute Gasteiger partial charge is 0.451 e. The van der Waals surface area contributed by atoms with Gasteiger partial charge in [-0.25, -0.2) is 9.37 Å². The molecule has 1 saturated carbocycles. The molecule has 0 amide bonds. The average molecular weight is 339 g/mol. The average Bonchev–Trinajstić information content (AvgIpc) is 2.95. The van der Waals surface area contributed by atoms with Crippen LogP contribution in [-0.4, -0.2) is 19.7 Å². The summed E-state index contributed by atoms with van der Waals surface area (Å²) in [4.78, 5) is 8.16. The maximum atomic E-state index is 15.3. The molecule has 0 saturated heterocycles. The fraction of sp³-hybridized carbons (Fsp3) is 0.278. The van der Waals surface area contributed by atoms with Crippen molar-refractivity contribution in [1.82, 2.24) is 19.7 Å². The van der Waals surface area contributed by atoms with Gasteiger partial charge >= 0.3 is 0 Å². The molecule has 1 aliphatic rings. The Hall–Kier alpha value is -2.96. The molecular weight excluding hydrogens is 321 g/mol. The van der Waals surface area contributed by atoms with E-state index in [-0.39, 0.29) is 5.75 Å². The predicted molar refractivity (Wildman–Crippen MR) is 91.7 cm³/mol. The summed E-state index contributed by atoms with van der Waals surface area (Å²) in [5.74, 6) is 0.929. The number of benzene rings is 1. The van der Waals surface area contributed by atoms with Gasteiger partial charge in [0.25, 0.3) is 0 Å². The molecule has 1 aromatic carbocycles. The fourth-order valence-corrected chi connectivity index (χ4v) is 2.96. The molecule has 0 spiro atoms. The number of hydrogen-bond acceptors (Lipinski definition) is 5. The van der Waals surface area contributed by atoms with Crippen molar-refractivity contribution in [2.75, 3.05) is 5.73 Å². The lowest BCUT2D eigenvalue weighted by Crippen LogP contribution is -2.11. The van der Waals surface area contributed by atoms with Crippen molar-refractivity contribution >= 4 is 5.82 Å². The van der Waals surface area contributed by atoms with Crippen LogP contribution in [0.15, 0.2) is 36.9 Å². The molecule has 0 atom stereocenters. The Bertz CT molecular complexity index is 902. The number of hydrogen-bond donors (Lipinski definition) is 1. The number of rotatable bonds is 4. The number of anilines is 1. The number of halogens is 1. The second kappa shape index (κ2) is 6.16. The topological polar surface area (TPSA) is 78.9 Å². The number of nitrogens with two attached hydrogens (primary N) is 1. The Morgan fingerprint density at radius 3 is 2.64 bits per heavy atom. The first-order valence-electron chi connectivity index (χ1n) is 8.18. The third kappa shape index (κ3) is 2.93. The van der Waals surface area contributed by atoms with E-state index in [1.807, 2.05) is 6.07 Å². The zero-order chi connectivity index (χ0) is 17.4. The predicted octanol–water partition coefficient (Wildman–Crippen LogP) is 3.66. The lowest BCUT2D eigenvalue weighted by Gasteiger charge is -2.28. The highest BCUT2D eigenvalue weighted by Crippen LogP contribution is 2.44. The molecule has 7 heteroatoms. The zero-order valence-corrected chi connectivity index (χ0v) is 13.8. The van der Waals surface area contributed by atoms with E-state index >= 15 is 4.39 Å². The third-order valence-corrected chi connectivity index (χ3v) is 4.52. The molecule has 0 aliphatic heterocycles. The Morgan fingerprint density at radius 2 is 2.04 bits per heavy atom. The summed E-state index contributed by atoms with van der Waals surface area (Å²) in [6, 6.07) is 3.66. The van der Waals surface area contributed by atoms with Crippen LogP contribution in [0.5, 0.6) is 11.5 Å². The van der Waals surface area contributed by atoms with Gasteiger partial charge in [-0.3, -0.25) is 9.67 Å². The minimum Gasteiger partial charge on any atom is -0.451 e. The second-order valence-corrected chi connectivity index (χ2v) is 6.25. The molecule has 2 heterocycles. The molecule has 25 heavy (non-hydrogen) atoms. The first-order valence-corrected chi connectivity index (χ1v) is 8.18. The molecule has 128 valence electrons. The Morgan fingerprint density at radius 1 is 1.20 bits per heavy atom. The van der Waals surface area contributed by atoms with Crippen molar-refractivity contribution in [2.45, 2.75) is 25.2 Å². The van der Waals surface area contributed by atoms with Crippen LogP contribution < -0.4 is 10.5 Å². The monoisotopic (exact) mass is 339 g/mol. The molecule has 2 aromatic heterocycles. The lowest BCUT2D eigenvalue weighted by molar-refractivity contribution is 0.384. The highest BCUT2D eigenvalue weighted by Gasteiger charge is 2.27. The third-order valence-electron chi connectivity index (χ3n) is 4.52. The van der Waals surface area contributed by atoms with Gasteiger partial charge in [-0.1, -0.05) is 12.5 Å². The van der Waals surface area contributed by atoms with Crippen LogP contribution in [0.1, 0.15) is 30.7 Å². The number of aryl methyl sites for hydroxylation is 1. The van der Waals surface area contributed by atoms with Gasteiger partial charge in [0.05, 0.1) is 30.5 Å². The summed E-state index contributed by atoms with van der Waals surface area (Å²) in [7, 11) is 1.79. The summed E-state index contributed by atoms with van der Waals surface area (Å²) < 4.78 is 22.8. The number of nitrogens with zero attached hydrogens (tertiary/aromatic N) is 4. The SMILES string of the molecule is Cn1cc(Oc2c(C3CCC3)ccc(-c3cnc(N)cn3)c2F)cn1. The van der Waals surface area contributed by atoms with E-state index in [0.717, 1.165) is 24.8 Å². The van der Waals surface area contributed by atoms with Crippen molar-refractivity contribution in [1.29, 1.82) is 0 Å². The van der Waals surface area contributed by atoms with E-state index < -0.39 is 5.82 Å². The maximum absolute atomic E-state index is 15.3. The van der Waals surface area contributed by atoms with Crippen molar-refractivity contribution in [3.05, 3.63) is 48.3 Å². The molecule has 0 radical (unpaired) electrons. The molecule has 3 aromatic rings. The van der Waals surface area contributed by atoms with Crippen LogP contribution in [0.4, 0.5) is 10.2 Å². The van der Waals surface area contributed by atoms with Crippen LogP contribution in [0.25, 0.3) is 11.3 Å². The Kier molecular flexibility index (Phi) is 3.83. The van der Waals surface area contributed by atoms with Crippen LogP contribution in [-0.2, 0) is 7.05 Å². The van der Waals surface area contributed by atoms with Gasteiger partial charge in [0.2, 0.25) is 0 Å². The molecule has 6 nitrogen and oxygen atoms in total. The van der Waals surface area contributed by atoms with Crippen molar-refractivity contribution in [3.63, 3.8) is 0 Å². The summed E-state index contributed by atoms with van der Waals surface area (Å²) >= 11 is 0. The zero-order valence-electron chi connectivity index (χ0n) is 13.8. The maximum Gasteiger partial charge on any atom is 0.175 e. The molecule has 0 unspecified atom stereocenters. The molecule has 0 bridgehead atoms. The fourth-order valence-electron chi connectivity index (χ4n) is 2.96. The van der Waals surface area contributed by atoms with Gasteiger partial charge in [0.1, 0.15) is 5.82 Å². The Balaban J connectivity index is 1.79. The number of nitrogen functional groups attached to an aromatic ring is 1. The molecule has 1 fully saturated rings. The molecule has 2 N–H and O–H groups in total. The van der Waals surface area contributed by atoms with E-state index in [0.29, 0.717) is 28.7 Å². The quantitative estimate of drug-likeness (QED) is 0.785. The Labute approximate surface area is 144 Å². The van der Waals surface area contributed by atoms with Gasteiger partial charge in [0, 0.05) is 18.2 Å². The van der Waals surface area contributed by atoms with Crippen LogP contribution in [0.3, 0.4) is 0 Å². The van der Waals surface area contributed by atoms with Gasteiger partial charge < -0.3 is 10.5 Å². The highest BCUT2D eigenvalue weighted by molar-refractivity contribution is 5.64. The highest BCUT2D eigenvalue weighted by atomic mass is 19.1. The van der Waals surface area contributed by atoms with Gasteiger partial charge in [0.15, 0.2) is 17.3 Å².